The molecule has 0 radical (unpaired) electrons. The van der Waals surface area contributed by atoms with Crippen LogP contribution in [0.15, 0.2) is 0 Å². The largest absolute Gasteiger partial charge is 0.393 e. The molecule has 2 rings (SSSR count). The van der Waals surface area contributed by atoms with Gasteiger partial charge in [-0.05, 0) is 38.1 Å². The minimum Gasteiger partial charge on any atom is -0.393 e. The third-order valence-electron chi connectivity index (χ3n) is 4.47. The first-order valence-corrected chi connectivity index (χ1v) is 7.40. The SMILES string of the molecule is CC[C@H]1CCCN(CCN2CCC(O)CC2)C1. The van der Waals surface area contributed by atoms with E-state index in [1.54, 1.807) is 0 Å². The Labute approximate surface area is 106 Å². The highest BCUT2D eigenvalue weighted by Gasteiger charge is 2.20. The number of piperidine rings is 2. The lowest BCUT2D eigenvalue weighted by molar-refractivity contribution is 0.0719. The van der Waals surface area contributed by atoms with E-state index in [1.165, 1.54) is 45.4 Å². The predicted octanol–water partition coefficient (Wildman–Crippen LogP) is 1.57. The Bertz CT molecular complexity index is 214. The highest BCUT2D eigenvalue weighted by atomic mass is 16.3. The number of hydrogen-bond acceptors (Lipinski definition) is 3. The van der Waals surface area contributed by atoms with Crippen molar-refractivity contribution in [3.8, 4) is 0 Å². The zero-order valence-corrected chi connectivity index (χ0v) is 11.3. The molecule has 0 saturated carbocycles. The molecule has 2 aliphatic rings. The molecule has 0 bridgehead atoms. The summed E-state index contributed by atoms with van der Waals surface area (Å²) in [6.07, 6.45) is 6.06. The first-order valence-electron chi connectivity index (χ1n) is 7.40. The van der Waals surface area contributed by atoms with Crippen molar-refractivity contribution in [2.24, 2.45) is 5.92 Å². The van der Waals surface area contributed by atoms with Crippen molar-refractivity contribution in [3.63, 3.8) is 0 Å². The average molecular weight is 240 g/mol. The second kappa shape index (κ2) is 6.72. The fraction of sp³-hybridized carbons (Fsp3) is 1.00. The van der Waals surface area contributed by atoms with Crippen LogP contribution in [0.5, 0.6) is 0 Å². The van der Waals surface area contributed by atoms with Gasteiger partial charge in [0.05, 0.1) is 6.10 Å². The first kappa shape index (κ1) is 13.3. The van der Waals surface area contributed by atoms with E-state index in [0.29, 0.717) is 0 Å². The Hall–Kier alpha value is -0.120. The van der Waals surface area contributed by atoms with Crippen LogP contribution in [0, 0.1) is 5.92 Å². The Morgan fingerprint density at radius 1 is 1.00 bits per heavy atom. The molecule has 2 saturated heterocycles. The molecule has 0 amide bonds. The maximum Gasteiger partial charge on any atom is 0.0564 e. The summed E-state index contributed by atoms with van der Waals surface area (Å²) in [6.45, 7) is 9.54. The van der Waals surface area contributed by atoms with Crippen molar-refractivity contribution >= 4 is 0 Å². The summed E-state index contributed by atoms with van der Waals surface area (Å²) in [5.74, 6) is 0.937. The van der Waals surface area contributed by atoms with Crippen LogP contribution in [0.2, 0.25) is 0 Å². The Kier molecular flexibility index (Phi) is 5.26. The van der Waals surface area contributed by atoms with Gasteiger partial charge in [0, 0.05) is 32.7 Å². The van der Waals surface area contributed by atoms with Crippen LogP contribution in [-0.2, 0) is 0 Å². The first-order chi connectivity index (χ1) is 8.28. The third-order valence-corrected chi connectivity index (χ3v) is 4.47. The highest BCUT2D eigenvalue weighted by Crippen LogP contribution is 2.19. The molecule has 100 valence electrons. The second-order valence-corrected chi connectivity index (χ2v) is 5.79. The van der Waals surface area contributed by atoms with Crippen molar-refractivity contribution in [1.29, 1.82) is 0 Å². The molecule has 0 aromatic rings. The fourth-order valence-corrected chi connectivity index (χ4v) is 3.11. The molecular formula is C14H28N2O. The Morgan fingerprint density at radius 2 is 1.71 bits per heavy atom. The van der Waals surface area contributed by atoms with Gasteiger partial charge in [-0.1, -0.05) is 13.3 Å². The van der Waals surface area contributed by atoms with E-state index in [4.69, 9.17) is 0 Å². The molecule has 2 fully saturated rings. The van der Waals surface area contributed by atoms with Gasteiger partial charge in [0.1, 0.15) is 0 Å². The number of hydrogen-bond donors (Lipinski definition) is 1. The van der Waals surface area contributed by atoms with Gasteiger partial charge in [0.15, 0.2) is 0 Å². The molecule has 1 atom stereocenters. The lowest BCUT2D eigenvalue weighted by Crippen LogP contribution is -2.43. The monoisotopic (exact) mass is 240 g/mol. The highest BCUT2D eigenvalue weighted by molar-refractivity contribution is 4.75. The van der Waals surface area contributed by atoms with Gasteiger partial charge in [-0.2, -0.15) is 0 Å². The molecule has 0 aromatic carbocycles. The van der Waals surface area contributed by atoms with Gasteiger partial charge in [0.2, 0.25) is 0 Å². The van der Waals surface area contributed by atoms with Gasteiger partial charge in [-0.15, -0.1) is 0 Å². The van der Waals surface area contributed by atoms with Crippen molar-refractivity contribution in [1.82, 2.24) is 9.80 Å². The van der Waals surface area contributed by atoms with E-state index >= 15 is 0 Å². The average Bonchev–Trinajstić information content (AvgIpc) is 2.38. The predicted molar refractivity (Wildman–Crippen MR) is 71.1 cm³/mol. The number of likely N-dealkylation sites (tertiary alicyclic amines) is 2. The van der Waals surface area contributed by atoms with Gasteiger partial charge >= 0.3 is 0 Å². The minimum atomic E-state index is -0.0364. The standard InChI is InChI=1S/C14H28N2O/c1-2-13-4-3-7-16(12-13)11-10-15-8-5-14(17)6-9-15/h13-14,17H,2-12H2,1H3/t13-/m0/s1. The van der Waals surface area contributed by atoms with Crippen LogP contribution >= 0.6 is 0 Å². The van der Waals surface area contributed by atoms with Crippen LogP contribution < -0.4 is 0 Å². The van der Waals surface area contributed by atoms with Crippen molar-refractivity contribution in [2.45, 2.75) is 45.1 Å². The molecule has 17 heavy (non-hydrogen) atoms. The van der Waals surface area contributed by atoms with E-state index in [1.807, 2.05) is 0 Å². The summed E-state index contributed by atoms with van der Waals surface area (Å²) in [5, 5.41) is 9.47. The molecule has 1 N–H and O–H groups in total. The zero-order chi connectivity index (χ0) is 12.1. The number of aliphatic hydroxyl groups excluding tert-OH is 1. The van der Waals surface area contributed by atoms with Crippen LogP contribution in [0.1, 0.15) is 39.0 Å². The molecule has 0 spiro atoms. The summed E-state index contributed by atoms with van der Waals surface area (Å²) in [4.78, 5) is 5.16. The summed E-state index contributed by atoms with van der Waals surface area (Å²) in [5.41, 5.74) is 0. The number of aliphatic hydroxyl groups is 1. The maximum atomic E-state index is 9.47. The minimum absolute atomic E-state index is 0.0364. The third kappa shape index (κ3) is 4.23. The summed E-state index contributed by atoms with van der Waals surface area (Å²) in [6, 6.07) is 0. The van der Waals surface area contributed by atoms with Gasteiger partial charge < -0.3 is 14.9 Å². The van der Waals surface area contributed by atoms with Crippen molar-refractivity contribution in [3.05, 3.63) is 0 Å². The normalized spacial score (nSPS) is 29.6. The lowest BCUT2D eigenvalue weighted by atomic mass is 9.96. The molecular weight excluding hydrogens is 212 g/mol. The second-order valence-electron chi connectivity index (χ2n) is 5.79. The van der Waals surface area contributed by atoms with Gasteiger partial charge in [-0.3, -0.25) is 0 Å². The summed E-state index contributed by atoms with van der Waals surface area (Å²) >= 11 is 0. The lowest BCUT2D eigenvalue weighted by Gasteiger charge is -2.35. The van der Waals surface area contributed by atoms with E-state index in [2.05, 4.69) is 16.7 Å². The molecule has 2 heterocycles. The molecule has 0 aromatic heterocycles. The maximum absolute atomic E-state index is 9.47. The quantitative estimate of drug-likeness (QED) is 0.808. The number of rotatable bonds is 4. The van der Waals surface area contributed by atoms with Crippen LogP contribution in [0.3, 0.4) is 0 Å². The number of nitrogens with zero attached hydrogens (tertiary/aromatic N) is 2. The van der Waals surface area contributed by atoms with E-state index in [-0.39, 0.29) is 6.10 Å². The van der Waals surface area contributed by atoms with Crippen LogP contribution in [-0.4, -0.2) is 60.3 Å². The zero-order valence-electron chi connectivity index (χ0n) is 11.3. The van der Waals surface area contributed by atoms with Gasteiger partial charge in [0.25, 0.3) is 0 Å². The molecule has 3 heteroatoms. The Morgan fingerprint density at radius 3 is 2.41 bits per heavy atom. The van der Waals surface area contributed by atoms with E-state index in [0.717, 1.165) is 31.8 Å². The van der Waals surface area contributed by atoms with Crippen LogP contribution in [0.4, 0.5) is 0 Å². The molecule has 2 aliphatic heterocycles. The fourth-order valence-electron chi connectivity index (χ4n) is 3.11. The smallest absolute Gasteiger partial charge is 0.0564 e. The molecule has 0 aliphatic carbocycles. The van der Waals surface area contributed by atoms with E-state index < -0.39 is 0 Å². The van der Waals surface area contributed by atoms with Gasteiger partial charge in [-0.25, -0.2) is 0 Å². The summed E-state index contributed by atoms with van der Waals surface area (Å²) in [7, 11) is 0. The molecule has 3 nitrogen and oxygen atoms in total. The topological polar surface area (TPSA) is 26.7 Å². The summed E-state index contributed by atoms with van der Waals surface area (Å²) < 4.78 is 0. The van der Waals surface area contributed by atoms with Crippen molar-refractivity contribution in [2.75, 3.05) is 39.3 Å². The molecule has 0 unspecified atom stereocenters. The van der Waals surface area contributed by atoms with E-state index in [9.17, 15) is 5.11 Å². The van der Waals surface area contributed by atoms with Crippen molar-refractivity contribution < 1.29 is 5.11 Å². The Balaban J connectivity index is 1.64. The van der Waals surface area contributed by atoms with Crippen LogP contribution in [0.25, 0.3) is 0 Å².